The monoisotopic (exact) mass is 441 g/mol. The topological polar surface area (TPSA) is 106 Å². The van der Waals surface area contributed by atoms with Crippen LogP contribution in [-0.2, 0) is 14.3 Å². The zero-order valence-corrected chi connectivity index (χ0v) is 19.0. The van der Waals surface area contributed by atoms with E-state index in [4.69, 9.17) is 9.47 Å². The van der Waals surface area contributed by atoms with E-state index in [2.05, 4.69) is 11.6 Å². The highest BCUT2D eigenvalue weighted by Crippen LogP contribution is 2.58. The zero-order valence-electron chi connectivity index (χ0n) is 19.0. The first kappa shape index (κ1) is 22.8. The Morgan fingerprint density at radius 1 is 1.34 bits per heavy atom. The fraction of sp³-hybridized carbons (Fsp3) is 0.560. The summed E-state index contributed by atoms with van der Waals surface area (Å²) in [5, 5.41) is 23.0. The Bertz CT molecular complexity index is 987. The van der Waals surface area contributed by atoms with Gasteiger partial charge in [-0.2, -0.15) is 0 Å². The quantitative estimate of drug-likeness (QED) is 0.549. The fourth-order valence-electron chi connectivity index (χ4n) is 5.62. The Morgan fingerprint density at radius 3 is 2.69 bits per heavy atom. The molecule has 7 nitrogen and oxygen atoms in total. The fourth-order valence-corrected chi connectivity index (χ4v) is 5.62. The molecule has 7 heteroatoms. The van der Waals surface area contributed by atoms with E-state index in [0.29, 0.717) is 18.4 Å². The van der Waals surface area contributed by atoms with Crippen molar-refractivity contribution in [1.29, 1.82) is 0 Å². The highest BCUT2D eigenvalue weighted by molar-refractivity contribution is 5.93. The summed E-state index contributed by atoms with van der Waals surface area (Å²) in [6.45, 7) is 11.1. The number of pyridine rings is 1. The Kier molecular flexibility index (Phi) is 5.23. The summed E-state index contributed by atoms with van der Waals surface area (Å²) in [5.74, 6) is -1.95. The van der Waals surface area contributed by atoms with Crippen molar-refractivity contribution in [3.8, 4) is 0 Å². The number of hydrogen-bond acceptors (Lipinski definition) is 7. The predicted molar refractivity (Wildman–Crippen MR) is 117 cm³/mol. The summed E-state index contributed by atoms with van der Waals surface area (Å²) in [7, 11) is 0. The Morgan fingerprint density at radius 2 is 2.06 bits per heavy atom. The van der Waals surface area contributed by atoms with Gasteiger partial charge in [0.1, 0.15) is 5.60 Å². The van der Waals surface area contributed by atoms with E-state index >= 15 is 0 Å². The number of hydrogen-bond donors (Lipinski definition) is 2. The summed E-state index contributed by atoms with van der Waals surface area (Å²) in [5.41, 5.74) is -4.21. The van der Waals surface area contributed by atoms with Crippen molar-refractivity contribution in [2.45, 2.75) is 76.0 Å². The molecule has 0 bridgehead atoms. The lowest BCUT2D eigenvalue weighted by Gasteiger charge is -2.62. The van der Waals surface area contributed by atoms with E-state index in [-0.39, 0.29) is 12.0 Å². The summed E-state index contributed by atoms with van der Waals surface area (Å²) in [6.07, 6.45) is 5.26. The highest BCUT2D eigenvalue weighted by atomic mass is 16.6. The second kappa shape index (κ2) is 7.33. The molecule has 0 spiro atoms. The van der Waals surface area contributed by atoms with Crippen LogP contribution in [0.15, 0.2) is 48.8 Å². The van der Waals surface area contributed by atoms with Crippen LogP contribution in [0.3, 0.4) is 0 Å². The number of aliphatic hydroxyl groups is 2. The summed E-state index contributed by atoms with van der Waals surface area (Å²) >= 11 is 0. The van der Waals surface area contributed by atoms with Gasteiger partial charge in [-0.05, 0) is 50.3 Å². The first-order valence-electron chi connectivity index (χ1n) is 11.0. The van der Waals surface area contributed by atoms with Crippen molar-refractivity contribution in [3.63, 3.8) is 0 Å². The number of carbonyl (C=O) groups is 2. The van der Waals surface area contributed by atoms with Gasteiger partial charge < -0.3 is 19.7 Å². The molecule has 172 valence electrons. The third-order valence-electron chi connectivity index (χ3n) is 7.59. The first-order chi connectivity index (χ1) is 14.9. The first-order valence-corrected chi connectivity index (χ1v) is 11.0. The molecule has 1 unspecified atom stereocenters. The minimum absolute atomic E-state index is 0.0945. The minimum Gasteiger partial charge on any atom is -0.451 e. The molecule has 4 rings (SSSR count). The van der Waals surface area contributed by atoms with E-state index in [9.17, 15) is 19.8 Å². The molecule has 3 aliphatic rings. The number of fused-ring (bicyclic) bond motifs is 3. The Labute approximate surface area is 188 Å². The molecular weight excluding hydrogens is 410 g/mol. The minimum atomic E-state index is -2.07. The molecule has 0 radical (unpaired) electrons. The van der Waals surface area contributed by atoms with Crippen LogP contribution in [0.5, 0.6) is 0 Å². The second-order valence-electron chi connectivity index (χ2n) is 10.2. The number of aromatic nitrogens is 1. The normalized spacial score (nSPS) is 40.5. The SMILES string of the molecule is C=C[C@@]1(C)CC(=O)[C@]2(O)C3C(=C[C@H](OC(=O)c4cccnc4)[C@@]2(C)O1)C(C)(C)CC[C@@H]3O. The molecule has 1 saturated heterocycles. The average molecular weight is 442 g/mol. The van der Waals surface area contributed by atoms with Crippen LogP contribution in [0.1, 0.15) is 57.3 Å². The van der Waals surface area contributed by atoms with Crippen molar-refractivity contribution in [1.82, 2.24) is 4.98 Å². The average Bonchev–Trinajstić information content (AvgIpc) is 2.74. The smallest absolute Gasteiger partial charge is 0.340 e. The van der Waals surface area contributed by atoms with Crippen molar-refractivity contribution in [3.05, 3.63) is 54.4 Å². The number of esters is 1. The molecule has 0 amide bonds. The lowest BCUT2D eigenvalue weighted by atomic mass is 9.51. The lowest BCUT2D eigenvalue weighted by molar-refractivity contribution is -0.284. The van der Waals surface area contributed by atoms with E-state index in [1.54, 1.807) is 38.3 Å². The molecular formula is C25H31NO6. The van der Waals surface area contributed by atoms with Crippen LogP contribution in [0.4, 0.5) is 0 Å². The van der Waals surface area contributed by atoms with Gasteiger partial charge in [0.2, 0.25) is 0 Å². The summed E-state index contributed by atoms with van der Waals surface area (Å²) in [4.78, 5) is 30.5. The molecule has 1 aliphatic heterocycles. The van der Waals surface area contributed by atoms with E-state index in [0.717, 1.165) is 0 Å². The number of aliphatic hydroxyl groups excluding tert-OH is 1. The molecule has 2 heterocycles. The van der Waals surface area contributed by atoms with Crippen LogP contribution in [0, 0.1) is 11.3 Å². The number of nitrogens with zero attached hydrogens (tertiary/aromatic N) is 1. The van der Waals surface area contributed by atoms with Crippen LogP contribution in [0.25, 0.3) is 0 Å². The van der Waals surface area contributed by atoms with Gasteiger partial charge in [-0.25, -0.2) is 4.79 Å². The number of rotatable bonds is 3. The molecule has 2 aliphatic carbocycles. The second-order valence-corrected chi connectivity index (χ2v) is 10.2. The van der Waals surface area contributed by atoms with Crippen LogP contribution < -0.4 is 0 Å². The molecule has 2 N–H and O–H groups in total. The summed E-state index contributed by atoms with van der Waals surface area (Å²) < 4.78 is 12.2. The van der Waals surface area contributed by atoms with Gasteiger partial charge in [-0.15, -0.1) is 6.58 Å². The molecule has 1 aromatic heterocycles. The van der Waals surface area contributed by atoms with Crippen molar-refractivity contribution in [2.75, 3.05) is 0 Å². The predicted octanol–water partition coefficient (Wildman–Crippen LogP) is 2.77. The number of ether oxygens (including phenoxy) is 2. The molecule has 32 heavy (non-hydrogen) atoms. The van der Waals surface area contributed by atoms with Gasteiger partial charge in [-0.3, -0.25) is 9.78 Å². The molecule has 2 fully saturated rings. The summed E-state index contributed by atoms with van der Waals surface area (Å²) in [6, 6.07) is 3.21. The van der Waals surface area contributed by atoms with E-state index in [1.165, 1.54) is 12.3 Å². The van der Waals surface area contributed by atoms with Crippen molar-refractivity contribution >= 4 is 11.8 Å². The Balaban J connectivity index is 1.88. The zero-order chi connectivity index (χ0) is 23.5. The van der Waals surface area contributed by atoms with Gasteiger partial charge >= 0.3 is 5.97 Å². The van der Waals surface area contributed by atoms with E-state index in [1.807, 2.05) is 13.8 Å². The van der Waals surface area contributed by atoms with Crippen LogP contribution in [-0.4, -0.2) is 56.0 Å². The largest absolute Gasteiger partial charge is 0.451 e. The van der Waals surface area contributed by atoms with Crippen LogP contribution >= 0.6 is 0 Å². The van der Waals surface area contributed by atoms with Gasteiger partial charge in [0.25, 0.3) is 0 Å². The van der Waals surface area contributed by atoms with Gasteiger partial charge in [0.15, 0.2) is 17.5 Å². The van der Waals surface area contributed by atoms with Gasteiger partial charge in [0.05, 0.1) is 17.3 Å². The maximum absolute atomic E-state index is 13.6. The maximum Gasteiger partial charge on any atom is 0.340 e. The molecule has 1 aromatic rings. The third kappa shape index (κ3) is 3.17. The lowest BCUT2D eigenvalue weighted by Crippen LogP contribution is -2.77. The molecule has 0 aromatic carbocycles. The van der Waals surface area contributed by atoms with E-state index < -0.39 is 52.1 Å². The standard InChI is InChI=1S/C25H31NO6/c1-6-23(4)13-18(28)25(30)20-16(22(2,3)10-9-17(20)27)12-19(24(25,5)32-23)31-21(29)15-8-7-11-26-14-15/h6-8,11-12,14,17,19-20,27,30H,1,9-10,13H2,2-5H3/t17-,19-,20?,23-,24+,25-/m0/s1. The highest BCUT2D eigenvalue weighted by Gasteiger charge is 2.72. The van der Waals surface area contributed by atoms with Crippen molar-refractivity contribution in [2.24, 2.45) is 11.3 Å². The van der Waals surface area contributed by atoms with Crippen LogP contribution in [0.2, 0.25) is 0 Å². The number of Topliss-reactive ketones (excluding diaryl/α,β-unsaturated/α-hetero) is 1. The molecule has 1 saturated carbocycles. The van der Waals surface area contributed by atoms with Gasteiger partial charge in [-0.1, -0.05) is 25.5 Å². The maximum atomic E-state index is 13.6. The third-order valence-corrected chi connectivity index (χ3v) is 7.59. The number of ketones is 1. The van der Waals surface area contributed by atoms with Crippen molar-refractivity contribution < 1.29 is 29.3 Å². The molecule has 6 atom stereocenters. The van der Waals surface area contributed by atoms with Gasteiger partial charge in [0, 0.05) is 24.7 Å². The number of carbonyl (C=O) groups excluding carboxylic acids is 2. The Hall–Kier alpha value is -2.35.